The highest BCUT2D eigenvalue weighted by Gasteiger charge is 2.23. The van der Waals surface area contributed by atoms with Crippen LogP contribution in [0.3, 0.4) is 0 Å². The summed E-state index contributed by atoms with van der Waals surface area (Å²) in [6, 6.07) is 0. The zero-order valence-corrected chi connectivity index (χ0v) is 9.81. The van der Waals surface area contributed by atoms with Crippen LogP contribution in [0.4, 0.5) is 0 Å². The minimum Gasteiger partial charge on any atom is -0.460 e. The number of esters is 2. The van der Waals surface area contributed by atoms with Crippen LogP contribution >= 0.6 is 0 Å². The number of hydrogen-bond acceptors (Lipinski definition) is 5. The average molecular weight is 240 g/mol. The Bertz CT molecular complexity index is 328. The number of ether oxygens (including phenoxy) is 3. The third-order valence-corrected chi connectivity index (χ3v) is 2.02. The van der Waals surface area contributed by atoms with E-state index < -0.39 is 0 Å². The minimum atomic E-state index is -0.384. The van der Waals surface area contributed by atoms with Crippen LogP contribution in [0.25, 0.3) is 0 Å². The molecule has 0 aromatic rings. The first-order valence-corrected chi connectivity index (χ1v) is 5.40. The van der Waals surface area contributed by atoms with Gasteiger partial charge < -0.3 is 14.2 Å². The van der Waals surface area contributed by atoms with Crippen molar-refractivity contribution in [2.75, 3.05) is 13.2 Å². The van der Waals surface area contributed by atoms with E-state index in [9.17, 15) is 9.59 Å². The van der Waals surface area contributed by atoms with Gasteiger partial charge in [0.05, 0.1) is 6.61 Å². The largest absolute Gasteiger partial charge is 0.460 e. The van der Waals surface area contributed by atoms with E-state index in [2.05, 4.69) is 11.3 Å². The van der Waals surface area contributed by atoms with Crippen LogP contribution in [0.1, 0.15) is 19.8 Å². The van der Waals surface area contributed by atoms with Crippen molar-refractivity contribution < 1.29 is 23.8 Å². The van der Waals surface area contributed by atoms with E-state index in [1.165, 1.54) is 6.92 Å². The van der Waals surface area contributed by atoms with Gasteiger partial charge in [-0.3, -0.25) is 4.79 Å². The Morgan fingerprint density at radius 2 is 2.29 bits per heavy atom. The van der Waals surface area contributed by atoms with Gasteiger partial charge in [-0.25, -0.2) is 4.79 Å². The summed E-state index contributed by atoms with van der Waals surface area (Å²) in [6.45, 7) is 5.74. The first-order valence-electron chi connectivity index (χ1n) is 5.40. The molecule has 0 amide bonds. The summed E-state index contributed by atoms with van der Waals surface area (Å²) >= 11 is 0. The van der Waals surface area contributed by atoms with Crippen LogP contribution in [0.2, 0.25) is 0 Å². The smallest absolute Gasteiger partial charge is 0.330 e. The molecule has 5 nitrogen and oxygen atoms in total. The third-order valence-electron chi connectivity index (χ3n) is 2.02. The molecule has 1 heterocycles. The highest BCUT2D eigenvalue weighted by molar-refractivity contribution is 5.81. The summed E-state index contributed by atoms with van der Waals surface area (Å²) in [7, 11) is 0. The van der Waals surface area contributed by atoms with Gasteiger partial charge in [0.25, 0.3) is 0 Å². The SMILES string of the molecule is C=CC(=O)OCC1CO1.CC(=O)OC1=CCC1. The molecule has 1 saturated heterocycles. The number of epoxide rings is 1. The van der Waals surface area contributed by atoms with Crippen molar-refractivity contribution in [1.82, 2.24) is 0 Å². The van der Waals surface area contributed by atoms with E-state index in [4.69, 9.17) is 9.47 Å². The van der Waals surface area contributed by atoms with E-state index in [-0.39, 0.29) is 18.0 Å². The van der Waals surface area contributed by atoms with Gasteiger partial charge in [0.1, 0.15) is 18.5 Å². The Kier molecular flexibility index (Phi) is 5.42. The van der Waals surface area contributed by atoms with Crippen molar-refractivity contribution in [2.45, 2.75) is 25.9 Å². The molecule has 1 atom stereocenters. The third kappa shape index (κ3) is 6.52. The molecule has 1 aliphatic carbocycles. The Balaban J connectivity index is 0.000000171. The fourth-order valence-electron chi connectivity index (χ4n) is 0.938. The van der Waals surface area contributed by atoms with Crippen molar-refractivity contribution in [1.29, 1.82) is 0 Å². The molecule has 1 aliphatic heterocycles. The van der Waals surface area contributed by atoms with Crippen molar-refractivity contribution in [3.8, 4) is 0 Å². The molecule has 1 fully saturated rings. The van der Waals surface area contributed by atoms with Crippen molar-refractivity contribution >= 4 is 11.9 Å². The number of rotatable bonds is 4. The normalized spacial score (nSPS) is 19.8. The number of carbonyl (C=O) groups is 2. The van der Waals surface area contributed by atoms with Crippen LogP contribution in [-0.2, 0) is 23.8 Å². The summed E-state index contributed by atoms with van der Waals surface area (Å²) in [6.07, 6.45) is 5.19. The van der Waals surface area contributed by atoms with E-state index in [0.717, 1.165) is 24.7 Å². The molecule has 94 valence electrons. The first-order chi connectivity index (χ1) is 8.11. The van der Waals surface area contributed by atoms with Crippen LogP contribution in [-0.4, -0.2) is 31.3 Å². The summed E-state index contributed by atoms with van der Waals surface area (Å²) in [5, 5.41) is 0. The van der Waals surface area contributed by atoms with Crippen LogP contribution in [0.5, 0.6) is 0 Å². The lowest BCUT2D eigenvalue weighted by Gasteiger charge is -2.11. The van der Waals surface area contributed by atoms with E-state index >= 15 is 0 Å². The molecule has 2 aliphatic rings. The second-order valence-electron chi connectivity index (χ2n) is 3.59. The molecule has 0 aromatic carbocycles. The van der Waals surface area contributed by atoms with Crippen LogP contribution in [0, 0.1) is 0 Å². The highest BCUT2D eigenvalue weighted by atomic mass is 16.6. The zero-order valence-electron chi connectivity index (χ0n) is 9.81. The Morgan fingerprint density at radius 1 is 1.65 bits per heavy atom. The standard InChI is InChI=1S/C6H8O3.C6H8O2/c1-2-6(7)9-4-5-3-8-5;1-5(7)8-6-3-2-4-6/h2,5H,1,3-4H2;3H,2,4H2,1H3. The predicted molar refractivity (Wildman–Crippen MR) is 60.0 cm³/mol. The van der Waals surface area contributed by atoms with Gasteiger partial charge in [0.2, 0.25) is 0 Å². The molecule has 0 spiro atoms. The molecule has 0 bridgehead atoms. The lowest BCUT2D eigenvalue weighted by Crippen LogP contribution is -2.06. The van der Waals surface area contributed by atoms with Gasteiger partial charge in [-0.1, -0.05) is 6.58 Å². The van der Waals surface area contributed by atoms with Crippen LogP contribution in [0.15, 0.2) is 24.5 Å². The maximum absolute atomic E-state index is 10.3. The summed E-state index contributed by atoms with van der Waals surface area (Å²) in [5.74, 6) is 0.235. The maximum Gasteiger partial charge on any atom is 0.330 e. The second kappa shape index (κ2) is 6.85. The molecule has 0 saturated carbocycles. The monoisotopic (exact) mass is 240 g/mol. The fourth-order valence-corrected chi connectivity index (χ4v) is 0.938. The molecule has 1 unspecified atom stereocenters. The van der Waals surface area contributed by atoms with Gasteiger partial charge in [0, 0.05) is 19.4 Å². The predicted octanol–water partition coefficient (Wildman–Crippen LogP) is 1.34. The number of allylic oxidation sites excluding steroid dienone is 2. The summed E-state index contributed by atoms with van der Waals surface area (Å²) in [5.41, 5.74) is 0. The van der Waals surface area contributed by atoms with Crippen LogP contribution < -0.4 is 0 Å². The second-order valence-corrected chi connectivity index (χ2v) is 3.59. The topological polar surface area (TPSA) is 65.1 Å². The fraction of sp³-hybridized carbons (Fsp3) is 0.500. The molecular formula is C12H16O5. The Hall–Kier alpha value is -1.62. The Morgan fingerprint density at radius 3 is 2.59 bits per heavy atom. The van der Waals surface area contributed by atoms with E-state index in [1.807, 2.05) is 6.08 Å². The summed E-state index contributed by atoms with van der Waals surface area (Å²) < 4.78 is 14.1. The maximum atomic E-state index is 10.3. The average Bonchev–Trinajstić information content (AvgIpc) is 3.05. The zero-order chi connectivity index (χ0) is 12.7. The van der Waals surface area contributed by atoms with Crippen molar-refractivity contribution in [3.63, 3.8) is 0 Å². The molecule has 5 heteroatoms. The molecule has 0 aromatic heterocycles. The van der Waals surface area contributed by atoms with Gasteiger partial charge in [-0.2, -0.15) is 0 Å². The minimum absolute atomic E-state index is 0.147. The van der Waals surface area contributed by atoms with Gasteiger partial charge in [-0.05, 0) is 12.5 Å². The van der Waals surface area contributed by atoms with Gasteiger partial charge in [-0.15, -0.1) is 0 Å². The number of hydrogen-bond donors (Lipinski definition) is 0. The molecular weight excluding hydrogens is 224 g/mol. The van der Waals surface area contributed by atoms with Gasteiger partial charge in [0.15, 0.2) is 0 Å². The lowest BCUT2D eigenvalue weighted by atomic mass is 10.1. The van der Waals surface area contributed by atoms with Crippen molar-refractivity contribution in [3.05, 3.63) is 24.5 Å². The summed E-state index contributed by atoms with van der Waals surface area (Å²) in [4.78, 5) is 20.5. The molecule has 0 radical (unpaired) electrons. The quantitative estimate of drug-likeness (QED) is 0.421. The van der Waals surface area contributed by atoms with E-state index in [0.29, 0.717) is 13.2 Å². The molecule has 2 rings (SSSR count). The number of carbonyl (C=O) groups excluding carboxylic acids is 2. The molecule has 17 heavy (non-hydrogen) atoms. The lowest BCUT2D eigenvalue weighted by molar-refractivity contribution is -0.138. The highest BCUT2D eigenvalue weighted by Crippen LogP contribution is 2.18. The van der Waals surface area contributed by atoms with Gasteiger partial charge >= 0.3 is 11.9 Å². The van der Waals surface area contributed by atoms with Crippen molar-refractivity contribution in [2.24, 2.45) is 0 Å². The first kappa shape index (κ1) is 13.4. The Labute approximate surface area is 100 Å². The molecule has 0 N–H and O–H groups in total. The van der Waals surface area contributed by atoms with E-state index in [1.54, 1.807) is 0 Å².